The first kappa shape index (κ1) is 26.2. The number of hydrogen-bond acceptors (Lipinski definition) is 3. The van der Waals surface area contributed by atoms with Gasteiger partial charge in [-0.15, -0.1) is 0 Å². The van der Waals surface area contributed by atoms with Crippen LogP contribution < -0.4 is 10.1 Å². The van der Waals surface area contributed by atoms with Crippen LogP contribution in [0.25, 0.3) is 0 Å². The average Bonchev–Trinajstić information content (AvgIpc) is 2.87. The maximum absolute atomic E-state index is 13.5. The summed E-state index contributed by atoms with van der Waals surface area (Å²) in [5, 5.41) is 3.52. The molecule has 0 saturated heterocycles. The van der Waals surface area contributed by atoms with Gasteiger partial charge in [0.2, 0.25) is 5.91 Å². The van der Waals surface area contributed by atoms with E-state index in [2.05, 4.69) is 5.32 Å². The number of carbonyl (C=O) groups excluding carboxylic acids is 2. The minimum atomic E-state index is -0.785. The highest BCUT2D eigenvalue weighted by molar-refractivity contribution is 6.31. The van der Waals surface area contributed by atoms with Gasteiger partial charge in [0, 0.05) is 24.0 Å². The van der Waals surface area contributed by atoms with Crippen molar-refractivity contribution in [2.24, 2.45) is 0 Å². The Bertz CT molecular complexity index is 1110. The van der Waals surface area contributed by atoms with Gasteiger partial charge >= 0.3 is 0 Å². The summed E-state index contributed by atoms with van der Waals surface area (Å²) in [6, 6.07) is 21.4. The molecule has 0 aliphatic rings. The van der Waals surface area contributed by atoms with E-state index in [1.54, 1.807) is 6.07 Å². The van der Waals surface area contributed by atoms with Crippen molar-refractivity contribution in [2.75, 3.05) is 6.61 Å². The van der Waals surface area contributed by atoms with Crippen molar-refractivity contribution in [1.29, 1.82) is 0 Å². The number of carbonyl (C=O) groups is 2. The monoisotopic (exact) mass is 496 g/mol. The summed E-state index contributed by atoms with van der Waals surface area (Å²) >= 11 is 6.41. The molecule has 2 atom stereocenters. The van der Waals surface area contributed by atoms with Gasteiger partial charge in [-0.25, -0.2) is 4.39 Å². The van der Waals surface area contributed by atoms with E-state index in [0.29, 0.717) is 17.2 Å². The molecule has 184 valence electrons. The van der Waals surface area contributed by atoms with Crippen LogP contribution in [0, 0.1) is 5.82 Å². The summed E-state index contributed by atoms with van der Waals surface area (Å²) in [7, 11) is 0. The molecule has 0 radical (unpaired) electrons. The Morgan fingerprint density at radius 1 is 1.00 bits per heavy atom. The van der Waals surface area contributed by atoms with Crippen molar-refractivity contribution in [2.45, 2.75) is 45.3 Å². The first-order valence-corrected chi connectivity index (χ1v) is 12.0. The molecule has 2 amide bonds. The second-order valence-corrected chi connectivity index (χ2v) is 8.79. The molecule has 3 rings (SSSR count). The maximum atomic E-state index is 13.5. The Morgan fingerprint density at radius 3 is 2.31 bits per heavy atom. The van der Waals surface area contributed by atoms with Gasteiger partial charge in [0.1, 0.15) is 17.6 Å². The topological polar surface area (TPSA) is 58.6 Å². The summed E-state index contributed by atoms with van der Waals surface area (Å²) in [5.74, 6) is -0.658. The molecule has 5 nitrogen and oxygen atoms in total. The van der Waals surface area contributed by atoms with Gasteiger partial charge in [-0.3, -0.25) is 9.59 Å². The molecule has 7 heteroatoms. The molecular formula is C28H30ClFN2O3. The molecule has 0 aliphatic heterocycles. The Labute approximate surface area is 210 Å². The zero-order valence-corrected chi connectivity index (χ0v) is 20.7. The molecule has 3 aromatic carbocycles. The summed E-state index contributed by atoms with van der Waals surface area (Å²) in [4.78, 5) is 28.4. The molecule has 35 heavy (non-hydrogen) atoms. The van der Waals surface area contributed by atoms with Crippen LogP contribution in [0.5, 0.6) is 5.75 Å². The SMILES string of the molecule is CC[C@@H](C)NC(=O)[C@@H](Cc1ccccc1)N(Cc1ccccc1Cl)C(=O)COc1ccc(F)cc1. The minimum absolute atomic E-state index is 0.0477. The zero-order valence-electron chi connectivity index (χ0n) is 19.9. The van der Waals surface area contributed by atoms with Gasteiger partial charge in [-0.2, -0.15) is 0 Å². The van der Waals surface area contributed by atoms with Crippen LogP contribution in [-0.4, -0.2) is 35.4 Å². The van der Waals surface area contributed by atoms with Crippen molar-refractivity contribution in [1.82, 2.24) is 10.2 Å². The predicted molar refractivity (Wildman–Crippen MR) is 136 cm³/mol. The Morgan fingerprint density at radius 2 is 1.66 bits per heavy atom. The predicted octanol–water partition coefficient (Wildman–Crippen LogP) is 5.41. The Hall–Kier alpha value is -3.38. The van der Waals surface area contributed by atoms with Crippen molar-refractivity contribution >= 4 is 23.4 Å². The van der Waals surface area contributed by atoms with Gasteiger partial charge in [0.05, 0.1) is 0 Å². The molecule has 0 aromatic heterocycles. The Balaban J connectivity index is 1.91. The normalized spacial score (nSPS) is 12.5. The number of benzene rings is 3. The van der Waals surface area contributed by atoms with E-state index in [-0.39, 0.29) is 31.0 Å². The van der Waals surface area contributed by atoms with E-state index >= 15 is 0 Å². The molecule has 0 aliphatic carbocycles. The minimum Gasteiger partial charge on any atom is -0.484 e. The van der Waals surface area contributed by atoms with Crippen LogP contribution >= 0.6 is 11.6 Å². The highest BCUT2D eigenvalue weighted by atomic mass is 35.5. The number of amides is 2. The number of halogens is 2. The average molecular weight is 497 g/mol. The molecule has 0 heterocycles. The fraction of sp³-hybridized carbons (Fsp3) is 0.286. The van der Waals surface area contributed by atoms with Gasteiger partial charge in [-0.1, -0.05) is 67.1 Å². The van der Waals surface area contributed by atoms with Crippen LogP contribution in [-0.2, 0) is 22.6 Å². The summed E-state index contributed by atoms with van der Waals surface area (Å²) < 4.78 is 18.9. The third-order valence-electron chi connectivity index (χ3n) is 5.75. The third-order valence-corrected chi connectivity index (χ3v) is 6.12. The molecule has 0 unspecified atom stereocenters. The van der Waals surface area contributed by atoms with Crippen LogP contribution in [0.2, 0.25) is 5.02 Å². The zero-order chi connectivity index (χ0) is 25.2. The van der Waals surface area contributed by atoms with Crippen LogP contribution in [0.15, 0.2) is 78.9 Å². The number of nitrogens with zero attached hydrogens (tertiary/aromatic N) is 1. The molecule has 0 spiro atoms. The number of nitrogens with one attached hydrogen (secondary N) is 1. The lowest BCUT2D eigenvalue weighted by Gasteiger charge is -2.32. The molecule has 0 saturated carbocycles. The molecule has 1 N–H and O–H groups in total. The molecule has 0 bridgehead atoms. The van der Waals surface area contributed by atoms with Gasteiger partial charge in [-0.05, 0) is 54.8 Å². The van der Waals surface area contributed by atoms with Crippen LogP contribution in [0.4, 0.5) is 4.39 Å². The largest absolute Gasteiger partial charge is 0.484 e. The fourth-order valence-electron chi connectivity index (χ4n) is 3.56. The first-order chi connectivity index (χ1) is 16.9. The summed E-state index contributed by atoms with van der Waals surface area (Å²) in [5.41, 5.74) is 1.65. The van der Waals surface area contributed by atoms with E-state index in [1.165, 1.54) is 29.2 Å². The number of ether oxygens (including phenoxy) is 1. The van der Waals surface area contributed by atoms with Crippen LogP contribution in [0.3, 0.4) is 0 Å². The summed E-state index contributed by atoms with van der Waals surface area (Å²) in [6.45, 7) is 3.74. The summed E-state index contributed by atoms with van der Waals surface area (Å²) in [6.07, 6.45) is 1.09. The third kappa shape index (κ3) is 7.82. The van der Waals surface area contributed by atoms with Crippen LogP contribution in [0.1, 0.15) is 31.4 Å². The maximum Gasteiger partial charge on any atom is 0.261 e. The Kier molecular flexibility index (Phi) is 9.67. The second kappa shape index (κ2) is 12.9. The standard InChI is InChI=1S/C28H30ClFN2O3/c1-3-20(2)31-28(34)26(17-21-9-5-4-6-10-21)32(18-22-11-7-8-12-25(22)29)27(33)19-35-24-15-13-23(30)14-16-24/h4-16,20,26H,3,17-19H2,1-2H3,(H,31,34)/t20-,26-/m1/s1. The molecule has 0 fully saturated rings. The quantitative estimate of drug-likeness (QED) is 0.386. The lowest BCUT2D eigenvalue weighted by molar-refractivity contribution is -0.143. The lowest BCUT2D eigenvalue weighted by Crippen LogP contribution is -2.53. The van der Waals surface area contributed by atoms with Crippen molar-refractivity contribution in [3.8, 4) is 5.75 Å². The first-order valence-electron chi connectivity index (χ1n) is 11.6. The van der Waals surface area contributed by atoms with E-state index < -0.39 is 11.9 Å². The van der Waals surface area contributed by atoms with Crippen molar-refractivity contribution in [3.05, 3.63) is 101 Å². The highest BCUT2D eigenvalue weighted by Gasteiger charge is 2.31. The van der Waals surface area contributed by atoms with Gasteiger partial charge in [0.25, 0.3) is 5.91 Å². The highest BCUT2D eigenvalue weighted by Crippen LogP contribution is 2.21. The van der Waals surface area contributed by atoms with Crippen molar-refractivity contribution in [3.63, 3.8) is 0 Å². The van der Waals surface area contributed by atoms with Gasteiger partial charge < -0.3 is 15.0 Å². The van der Waals surface area contributed by atoms with E-state index in [1.807, 2.05) is 62.4 Å². The smallest absolute Gasteiger partial charge is 0.261 e. The molecular weight excluding hydrogens is 467 g/mol. The fourth-order valence-corrected chi connectivity index (χ4v) is 3.76. The lowest BCUT2D eigenvalue weighted by atomic mass is 10.0. The number of rotatable bonds is 11. The van der Waals surface area contributed by atoms with E-state index in [9.17, 15) is 14.0 Å². The molecule has 3 aromatic rings. The van der Waals surface area contributed by atoms with E-state index in [0.717, 1.165) is 17.5 Å². The number of hydrogen-bond donors (Lipinski definition) is 1. The van der Waals surface area contributed by atoms with E-state index in [4.69, 9.17) is 16.3 Å². The van der Waals surface area contributed by atoms with Gasteiger partial charge in [0.15, 0.2) is 6.61 Å². The van der Waals surface area contributed by atoms with Crippen molar-refractivity contribution < 1.29 is 18.7 Å². The second-order valence-electron chi connectivity index (χ2n) is 8.38.